The average Bonchev–Trinajstić information content (AvgIpc) is 3.22. The molecule has 1 aromatic heterocycles. The molecule has 35 heavy (non-hydrogen) atoms. The van der Waals surface area contributed by atoms with E-state index in [2.05, 4.69) is 15.2 Å². The Kier molecular flexibility index (Phi) is 7.56. The lowest BCUT2D eigenvalue weighted by molar-refractivity contribution is 0.0389. The van der Waals surface area contributed by atoms with Crippen molar-refractivity contribution >= 4 is 6.09 Å². The fraction of sp³-hybridized carbons (Fsp3) is 0.519. The molecule has 1 aliphatic heterocycles. The maximum Gasteiger partial charge on any atom is 0.407 e. The summed E-state index contributed by atoms with van der Waals surface area (Å²) in [6.07, 6.45) is 4.62. The van der Waals surface area contributed by atoms with Crippen LogP contribution in [0.1, 0.15) is 63.6 Å². The minimum atomic E-state index is -0.541. The summed E-state index contributed by atoms with van der Waals surface area (Å²) in [7, 11) is 0. The molecule has 0 bridgehead atoms. The van der Waals surface area contributed by atoms with Crippen molar-refractivity contribution in [2.45, 2.75) is 76.2 Å². The third kappa shape index (κ3) is 6.70. The van der Waals surface area contributed by atoms with Crippen LogP contribution >= 0.6 is 0 Å². The van der Waals surface area contributed by atoms with Crippen LogP contribution in [0, 0.1) is 17.1 Å². The van der Waals surface area contributed by atoms with Crippen molar-refractivity contribution in [2.75, 3.05) is 13.1 Å². The lowest BCUT2D eigenvalue weighted by Crippen LogP contribution is -2.54. The number of carbonyl (C=O) groups is 1. The number of ether oxygens (including phenoxy) is 2. The molecule has 1 aromatic carbocycles. The van der Waals surface area contributed by atoms with E-state index >= 15 is 0 Å². The normalized spacial score (nSPS) is 25.0. The van der Waals surface area contributed by atoms with Crippen LogP contribution in [0.3, 0.4) is 0 Å². The summed E-state index contributed by atoms with van der Waals surface area (Å²) in [5, 5.41) is 12.1. The molecule has 0 spiro atoms. The monoisotopic (exact) mass is 480 g/mol. The number of nitrogens with one attached hydrogen (secondary N) is 1. The Morgan fingerprint density at radius 1 is 1.20 bits per heavy atom. The largest absolute Gasteiger partial charge is 0.487 e. The predicted molar refractivity (Wildman–Crippen MR) is 129 cm³/mol. The lowest BCUT2D eigenvalue weighted by Gasteiger charge is -2.39. The van der Waals surface area contributed by atoms with Crippen molar-refractivity contribution in [2.24, 2.45) is 0 Å². The highest BCUT2D eigenvalue weighted by atomic mass is 19.1. The number of halogens is 1. The second kappa shape index (κ2) is 10.6. The first-order valence-corrected chi connectivity index (χ1v) is 12.2. The van der Waals surface area contributed by atoms with E-state index in [1.807, 2.05) is 39.0 Å². The average molecular weight is 481 g/mol. The van der Waals surface area contributed by atoms with Crippen LogP contribution in [-0.2, 0) is 4.74 Å². The standard InChI is InChI=1S/C27H33FN4O3/c1-27(2,3)35-26(33)31-22-5-4-12-32(17-22)24-13-19(18-6-8-20(28)9-7-18)14-25(24)34-23-11-10-21(15-29)30-16-23/h6-11,16,19,22,24-25H,4-5,12-14,17H2,1-3H3,(H,31,33)/t19?,22-,24?,25?/m1/s1. The van der Waals surface area contributed by atoms with E-state index in [-0.39, 0.29) is 29.9 Å². The molecule has 4 atom stereocenters. The van der Waals surface area contributed by atoms with Gasteiger partial charge in [0.2, 0.25) is 0 Å². The third-order valence-corrected chi connectivity index (χ3v) is 6.59. The van der Waals surface area contributed by atoms with E-state index in [0.29, 0.717) is 18.0 Å². The summed E-state index contributed by atoms with van der Waals surface area (Å²) in [6.45, 7) is 7.19. The molecule has 1 amide bonds. The number of hydrogen-bond acceptors (Lipinski definition) is 6. The summed E-state index contributed by atoms with van der Waals surface area (Å²) in [5.41, 5.74) is 0.901. The van der Waals surface area contributed by atoms with Gasteiger partial charge >= 0.3 is 6.09 Å². The SMILES string of the molecule is CC(C)(C)OC(=O)N[C@@H]1CCCN(C2CC(c3ccc(F)cc3)CC2Oc2ccc(C#N)nc2)C1. The molecule has 3 unspecified atom stereocenters. The molecular formula is C27H33FN4O3. The first-order chi connectivity index (χ1) is 16.7. The van der Waals surface area contributed by atoms with Crippen molar-refractivity contribution in [1.82, 2.24) is 15.2 Å². The Bertz CT molecular complexity index is 1050. The molecule has 1 saturated heterocycles. The number of nitrogens with zero attached hydrogens (tertiary/aromatic N) is 3. The van der Waals surface area contributed by atoms with E-state index in [1.54, 1.807) is 18.3 Å². The second-order valence-corrected chi connectivity index (χ2v) is 10.4. The van der Waals surface area contributed by atoms with E-state index < -0.39 is 11.7 Å². The molecule has 2 aliphatic rings. The maximum atomic E-state index is 13.5. The van der Waals surface area contributed by atoms with Crippen LogP contribution in [0.5, 0.6) is 5.75 Å². The molecule has 0 radical (unpaired) electrons. The summed E-state index contributed by atoms with van der Waals surface area (Å²) >= 11 is 0. The third-order valence-electron chi connectivity index (χ3n) is 6.59. The number of alkyl carbamates (subject to hydrolysis) is 1. The summed E-state index contributed by atoms with van der Waals surface area (Å²) in [4.78, 5) is 18.9. The highest BCUT2D eigenvalue weighted by Crippen LogP contribution is 2.40. The van der Waals surface area contributed by atoms with Crippen LogP contribution in [-0.4, -0.2) is 52.9 Å². The highest BCUT2D eigenvalue weighted by molar-refractivity contribution is 5.68. The number of amides is 1. The van der Waals surface area contributed by atoms with E-state index in [4.69, 9.17) is 14.7 Å². The van der Waals surface area contributed by atoms with E-state index in [9.17, 15) is 9.18 Å². The van der Waals surface area contributed by atoms with Gasteiger partial charge in [-0.25, -0.2) is 14.2 Å². The molecule has 8 heteroatoms. The topological polar surface area (TPSA) is 87.5 Å². The molecule has 1 aliphatic carbocycles. The zero-order valence-corrected chi connectivity index (χ0v) is 20.5. The molecule has 186 valence electrons. The summed E-state index contributed by atoms with van der Waals surface area (Å²) < 4.78 is 25.4. The number of hydrogen-bond donors (Lipinski definition) is 1. The summed E-state index contributed by atoms with van der Waals surface area (Å²) in [5.74, 6) is 0.613. The van der Waals surface area contributed by atoms with Crippen molar-refractivity contribution < 1.29 is 18.7 Å². The van der Waals surface area contributed by atoms with E-state index in [1.165, 1.54) is 12.1 Å². The van der Waals surface area contributed by atoms with Crippen LogP contribution in [0.4, 0.5) is 9.18 Å². The first-order valence-electron chi connectivity index (χ1n) is 12.2. The number of rotatable bonds is 5. The number of carbonyl (C=O) groups excluding carboxylic acids is 1. The van der Waals surface area contributed by atoms with Gasteiger partial charge in [0.1, 0.15) is 35.0 Å². The Hall–Kier alpha value is -3.18. The number of benzene rings is 1. The van der Waals surface area contributed by atoms with Gasteiger partial charge in [-0.15, -0.1) is 0 Å². The van der Waals surface area contributed by atoms with Gasteiger partial charge in [0.05, 0.1) is 6.20 Å². The quantitative estimate of drug-likeness (QED) is 0.663. The number of aromatic nitrogens is 1. The minimum absolute atomic E-state index is 0.000648. The van der Waals surface area contributed by atoms with Gasteiger partial charge in [-0.1, -0.05) is 12.1 Å². The number of piperidine rings is 1. The van der Waals surface area contributed by atoms with Crippen molar-refractivity contribution in [3.8, 4) is 11.8 Å². The second-order valence-electron chi connectivity index (χ2n) is 10.4. The Morgan fingerprint density at radius 3 is 2.63 bits per heavy atom. The fourth-order valence-electron chi connectivity index (χ4n) is 5.09. The molecular weight excluding hydrogens is 447 g/mol. The van der Waals surface area contributed by atoms with Gasteiger partial charge in [-0.2, -0.15) is 5.26 Å². The Labute approximate surface area is 206 Å². The number of likely N-dealkylation sites (tertiary alicyclic amines) is 1. The Morgan fingerprint density at radius 2 is 1.97 bits per heavy atom. The van der Waals surface area contributed by atoms with Gasteiger partial charge in [-0.3, -0.25) is 4.90 Å². The molecule has 2 aromatic rings. The Balaban J connectivity index is 1.48. The van der Waals surface area contributed by atoms with Crippen LogP contribution < -0.4 is 10.1 Å². The van der Waals surface area contributed by atoms with Crippen LogP contribution in [0.15, 0.2) is 42.6 Å². The molecule has 1 saturated carbocycles. The number of nitriles is 1. The van der Waals surface area contributed by atoms with Crippen molar-refractivity contribution in [1.29, 1.82) is 5.26 Å². The molecule has 1 N–H and O–H groups in total. The predicted octanol–water partition coefficient (Wildman–Crippen LogP) is 4.78. The van der Waals surface area contributed by atoms with Crippen LogP contribution in [0.25, 0.3) is 0 Å². The zero-order valence-electron chi connectivity index (χ0n) is 20.5. The van der Waals surface area contributed by atoms with Gasteiger partial charge in [0.25, 0.3) is 0 Å². The smallest absolute Gasteiger partial charge is 0.407 e. The fourth-order valence-corrected chi connectivity index (χ4v) is 5.09. The minimum Gasteiger partial charge on any atom is -0.487 e. The highest BCUT2D eigenvalue weighted by Gasteiger charge is 2.41. The van der Waals surface area contributed by atoms with Crippen molar-refractivity contribution in [3.05, 3.63) is 59.7 Å². The van der Waals surface area contributed by atoms with Gasteiger partial charge in [0.15, 0.2) is 0 Å². The maximum absolute atomic E-state index is 13.5. The molecule has 4 rings (SSSR count). The summed E-state index contributed by atoms with van der Waals surface area (Å²) in [6, 6.07) is 12.3. The van der Waals surface area contributed by atoms with Gasteiger partial charge in [0, 0.05) is 18.6 Å². The van der Waals surface area contributed by atoms with Gasteiger partial charge in [-0.05, 0) is 88.7 Å². The van der Waals surface area contributed by atoms with Gasteiger partial charge < -0.3 is 14.8 Å². The zero-order chi connectivity index (χ0) is 25.0. The van der Waals surface area contributed by atoms with E-state index in [0.717, 1.165) is 37.8 Å². The molecule has 2 heterocycles. The number of pyridine rings is 1. The van der Waals surface area contributed by atoms with Crippen LogP contribution in [0.2, 0.25) is 0 Å². The van der Waals surface area contributed by atoms with Crippen molar-refractivity contribution in [3.63, 3.8) is 0 Å². The lowest BCUT2D eigenvalue weighted by atomic mass is 9.97. The molecule has 7 nitrogen and oxygen atoms in total. The molecule has 2 fully saturated rings. The first kappa shape index (κ1) is 24.9.